The zero-order chi connectivity index (χ0) is 14.4. The van der Waals surface area contributed by atoms with Gasteiger partial charge in [-0.3, -0.25) is 4.79 Å². The highest BCUT2D eigenvalue weighted by atomic mass is 79.9. The van der Waals surface area contributed by atoms with E-state index in [0.29, 0.717) is 5.75 Å². The molecule has 1 amide bonds. The highest BCUT2D eigenvalue weighted by molar-refractivity contribution is 9.10. The molecule has 0 saturated heterocycles. The van der Waals surface area contributed by atoms with Crippen LogP contribution in [0.2, 0.25) is 0 Å². The Morgan fingerprint density at radius 1 is 1.15 bits per heavy atom. The lowest BCUT2D eigenvalue weighted by Gasteiger charge is -2.14. The van der Waals surface area contributed by atoms with Gasteiger partial charge in [0.25, 0.3) is 5.91 Å². The van der Waals surface area contributed by atoms with Crippen LogP contribution in [0, 0.1) is 0 Å². The number of hydrogen-bond donors (Lipinski definition) is 1. The van der Waals surface area contributed by atoms with Gasteiger partial charge in [-0.25, -0.2) is 0 Å². The Morgan fingerprint density at radius 2 is 1.80 bits per heavy atom. The second kappa shape index (κ2) is 7.10. The van der Waals surface area contributed by atoms with Crippen molar-refractivity contribution in [2.24, 2.45) is 0 Å². The fraction of sp³-hybridized carbons (Fsp3) is 0.188. The molecule has 2 aromatic rings. The van der Waals surface area contributed by atoms with E-state index in [1.54, 1.807) is 0 Å². The average Bonchev–Trinajstić information content (AvgIpc) is 2.47. The van der Waals surface area contributed by atoms with E-state index in [-0.39, 0.29) is 18.6 Å². The summed E-state index contributed by atoms with van der Waals surface area (Å²) in [5, 5.41) is 2.90. The van der Waals surface area contributed by atoms with Crippen molar-refractivity contribution in [2.45, 2.75) is 13.0 Å². The second-order valence-electron chi connectivity index (χ2n) is 4.44. The topological polar surface area (TPSA) is 38.3 Å². The second-order valence-corrected chi connectivity index (χ2v) is 5.36. The minimum absolute atomic E-state index is 0.0127. The first kappa shape index (κ1) is 14.6. The van der Waals surface area contributed by atoms with Gasteiger partial charge in [-0.05, 0) is 36.8 Å². The maximum absolute atomic E-state index is 11.8. The molecule has 4 heteroatoms. The Balaban J connectivity index is 1.82. The van der Waals surface area contributed by atoms with Gasteiger partial charge in [0.2, 0.25) is 0 Å². The Hall–Kier alpha value is -1.81. The average molecular weight is 334 g/mol. The summed E-state index contributed by atoms with van der Waals surface area (Å²) in [6.45, 7) is 1.96. The normalized spacial score (nSPS) is 11.7. The molecule has 2 rings (SSSR count). The van der Waals surface area contributed by atoms with Crippen molar-refractivity contribution in [3.8, 4) is 5.75 Å². The molecule has 0 saturated carbocycles. The number of carbonyl (C=O) groups excluding carboxylic acids is 1. The van der Waals surface area contributed by atoms with Gasteiger partial charge < -0.3 is 10.1 Å². The lowest BCUT2D eigenvalue weighted by molar-refractivity contribution is -0.123. The quantitative estimate of drug-likeness (QED) is 0.905. The van der Waals surface area contributed by atoms with E-state index in [0.717, 1.165) is 10.0 Å². The van der Waals surface area contributed by atoms with Crippen LogP contribution in [0.3, 0.4) is 0 Å². The van der Waals surface area contributed by atoms with Crippen molar-refractivity contribution in [3.63, 3.8) is 0 Å². The molecule has 0 aliphatic rings. The van der Waals surface area contributed by atoms with Crippen molar-refractivity contribution in [3.05, 3.63) is 64.6 Å². The van der Waals surface area contributed by atoms with Crippen LogP contribution in [0.25, 0.3) is 0 Å². The van der Waals surface area contributed by atoms with Crippen LogP contribution < -0.4 is 10.1 Å². The van der Waals surface area contributed by atoms with Gasteiger partial charge in [-0.15, -0.1) is 0 Å². The first-order valence-corrected chi connectivity index (χ1v) is 7.17. The zero-order valence-electron chi connectivity index (χ0n) is 11.2. The summed E-state index contributed by atoms with van der Waals surface area (Å²) in [6.07, 6.45) is 0. The van der Waals surface area contributed by atoms with Gasteiger partial charge in [0, 0.05) is 4.47 Å². The molecule has 0 bridgehead atoms. The SMILES string of the molecule is C[C@H](NC(=O)COc1ccc(Br)cc1)c1ccccc1. The Bertz CT molecular complexity index is 554. The molecular formula is C16H16BrNO2. The number of rotatable bonds is 5. The number of benzene rings is 2. The fourth-order valence-corrected chi connectivity index (χ4v) is 2.05. The molecule has 0 heterocycles. The summed E-state index contributed by atoms with van der Waals surface area (Å²) in [7, 11) is 0. The van der Waals surface area contributed by atoms with Gasteiger partial charge in [0.05, 0.1) is 6.04 Å². The molecule has 0 unspecified atom stereocenters. The summed E-state index contributed by atoms with van der Waals surface area (Å²) in [4.78, 5) is 11.8. The molecule has 0 spiro atoms. The van der Waals surface area contributed by atoms with Crippen LogP contribution in [-0.4, -0.2) is 12.5 Å². The van der Waals surface area contributed by atoms with Crippen LogP contribution in [0.1, 0.15) is 18.5 Å². The van der Waals surface area contributed by atoms with Crippen molar-refractivity contribution in [1.82, 2.24) is 5.32 Å². The summed E-state index contributed by atoms with van der Waals surface area (Å²) in [5.74, 6) is 0.542. The van der Waals surface area contributed by atoms with E-state index in [4.69, 9.17) is 4.74 Å². The summed E-state index contributed by atoms with van der Waals surface area (Å²) in [5.41, 5.74) is 1.07. The molecule has 0 fully saturated rings. The van der Waals surface area contributed by atoms with Crippen LogP contribution in [0.4, 0.5) is 0 Å². The molecule has 0 aliphatic heterocycles. The molecular weight excluding hydrogens is 318 g/mol. The standard InChI is InChI=1S/C16H16BrNO2/c1-12(13-5-3-2-4-6-13)18-16(19)11-20-15-9-7-14(17)8-10-15/h2-10,12H,11H2,1H3,(H,18,19)/t12-/m0/s1. The third kappa shape index (κ3) is 4.38. The molecule has 3 nitrogen and oxygen atoms in total. The highest BCUT2D eigenvalue weighted by Gasteiger charge is 2.09. The molecule has 0 aliphatic carbocycles. The van der Waals surface area contributed by atoms with Gasteiger partial charge in [-0.1, -0.05) is 46.3 Å². The third-order valence-corrected chi connectivity index (χ3v) is 3.39. The zero-order valence-corrected chi connectivity index (χ0v) is 12.8. The molecule has 1 N–H and O–H groups in total. The first-order chi connectivity index (χ1) is 9.65. The number of halogens is 1. The number of hydrogen-bond acceptors (Lipinski definition) is 2. The highest BCUT2D eigenvalue weighted by Crippen LogP contribution is 2.16. The monoisotopic (exact) mass is 333 g/mol. The lowest BCUT2D eigenvalue weighted by Crippen LogP contribution is -2.31. The van der Waals surface area contributed by atoms with Crippen LogP contribution >= 0.6 is 15.9 Å². The maximum Gasteiger partial charge on any atom is 0.258 e. The minimum atomic E-state index is -0.135. The van der Waals surface area contributed by atoms with Crippen molar-refractivity contribution in [1.29, 1.82) is 0 Å². The lowest BCUT2D eigenvalue weighted by atomic mass is 10.1. The van der Waals surface area contributed by atoms with E-state index >= 15 is 0 Å². The van der Waals surface area contributed by atoms with E-state index < -0.39 is 0 Å². The predicted molar refractivity (Wildman–Crippen MR) is 82.6 cm³/mol. The van der Waals surface area contributed by atoms with Gasteiger partial charge in [0.15, 0.2) is 6.61 Å². The van der Waals surface area contributed by atoms with Crippen molar-refractivity contribution >= 4 is 21.8 Å². The van der Waals surface area contributed by atoms with E-state index in [1.807, 2.05) is 61.5 Å². The largest absolute Gasteiger partial charge is 0.484 e. The number of ether oxygens (including phenoxy) is 1. The smallest absolute Gasteiger partial charge is 0.258 e. The van der Waals surface area contributed by atoms with E-state index in [2.05, 4.69) is 21.2 Å². The first-order valence-electron chi connectivity index (χ1n) is 6.38. The maximum atomic E-state index is 11.8. The molecule has 0 radical (unpaired) electrons. The van der Waals surface area contributed by atoms with E-state index in [9.17, 15) is 4.79 Å². The Labute approximate surface area is 127 Å². The summed E-state index contributed by atoms with van der Waals surface area (Å²) in [6, 6.07) is 17.2. The summed E-state index contributed by atoms with van der Waals surface area (Å²) < 4.78 is 6.41. The molecule has 2 aromatic carbocycles. The number of carbonyl (C=O) groups is 1. The van der Waals surface area contributed by atoms with Crippen LogP contribution in [0.5, 0.6) is 5.75 Å². The number of amides is 1. The van der Waals surface area contributed by atoms with Gasteiger partial charge in [-0.2, -0.15) is 0 Å². The van der Waals surface area contributed by atoms with E-state index in [1.165, 1.54) is 0 Å². The number of nitrogens with one attached hydrogen (secondary N) is 1. The molecule has 0 aromatic heterocycles. The minimum Gasteiger partial charge on any atom is -0.484 e. The molecule has 20 heavy (non-hydrogen) atoms. The molecule has 1 atom stereocenters. The predicted octanol–water partition coefficient (Wildman–Crippen LogP) is 3.71. The van der Waals surface area contributed by atoms with Gasteiger partial charge in [0.1, 0.15) is 5.75 Å². The van der Waals surface area contributed by atoms with Crippen molar-refractivity contribution in [2.75, 3.05) is 6.61 Å². The Morgan fingerprint density at radius 3 is 2.45 bits per heavy atom. The van der Waals surface area contributed by atoms with Crippen molar-refractivity contribution < 1.29 is 9.53 Å². The summed E-state index contributed by atoms with van der Waals surface area (Å²) >= 11 is 3.35. The van der Waals surface area contributed by atoms with Crippen LogP contribution in [-0.2, 0) is 4.79 Å². The molecule has 104 valence electrons. The van der Waals surface area contributed by atoms with Crippen LogP contribution in [0.15, 0.2) is 59.1 Å². The third-order valence-electron chi connectivity index (χ3n) is 2.86. The van der Waals surface area contributed by atoms with Gasteiger partial charge >= 0.3 is 0 Å². The fourth-order valence-electron chi connectivity index (χ4n) is 1.79. The Kier molecular flexibility index (Phi) is 5.18.